The van der Waals surface area contributed by atoms with Gasteiger partial charge in [0.15, 0.2) is 0 Å². The van der Waals surface area contributed by atoms with E-state index >= 15 is 0 Å². The van der Waals surface area contributed by atoms with Crippen LogP contribution in [0.4, 0.5) is 0 Å². The zero-order chi connectivity index (χ0) is 56.9. The van der Waals surface area contributed by atoms with E-state index in [0.717, 1.165) is 70.6 Å². The molecule has 4 nitrogen and oxygen atoms in total. The molecule has 2 unspecified atom stereocenters. The number of aliphatic hydroxyl groups is 2. The fourth-order valence-electron chi connectivity index (χ4n) is 10.6. The number of allylic oxidation sites excluding steroid dienone is 15. The summed E-state index contributed by atoms with van der Waals surface area (Å²) in [6.45, 7) is 4.21. The molecule has 0 aromatic heterocycles. The highest BCUT2D eigenvalue weighted by atomic mass is 16.3. The molecule has 0 heterocycles. The lowest BCUT2D eigenvalue weighted by atomic mass is 10.0. The van der Waals surface area contributed by atoms with Crippen molar-refractivity contribution in [2.75, 3.05) is 6.61 Å². The average Bonchev–Trinajstić information content (AvgIpc) is 3.45. The van der Waals surface area contributed by atoms with Crippen LogP contribution in [0, 0.1) is 0 Å². The molecule has 0 aliphatic heterocycles. The molecule has 4 heteroatoms. The normalized spacial score (nSPS) is 13.3. The number of unbranched alkanes of at least 4 members (excludes halogenated alkanes) is 43. The highest BCUT2D eigenvalue weighted by Crippen LogP contribution is 2.18. The summed E-state index contributed by atoms with van der Waals surface area (Å²) in [5, 5.41) is 23.3. The molecule has 2 atom stereocenters. The van der Waals surface area contributed by atoms with Crippen LogP contribution in [0.1, 0.15) is 354 Å². The molecule has 0 aromatic carbocycles. The highest BCUT2D eigenvalue weighted by Gasteiger charge is 2.18. The molecule has 1 amide bonds. The fourth-order valence-corrected chi connectivity index (χ4v) is 10.6. The fraction of sp³-hybridized carbons (Fsp3) is 0.773. The van der Waals surface area contributed by atoms with Crippen LogP contribution in [0.15, 0.2) is 97.2 Å². The zero-order valence-corrected chi connectivity index (χ0v) is 52.9. The van der Waals surface area contributed by atoms with Crippen molar-refractivity contribution >= 4 is 5.91 Å². The van der Waals surface area contributed by atoms with Crippen molar-refractivity contribution in [2.45, 2.75) is 366 Å². The number of carbonyl (C=O) groups excluding carboxylic acids is 1. The number of aliphatic hydroxyl groups excluding tert-OH is 2. The van der Waals surface area contributed by atoms with Crippen molar-refractivity contribution in [1.82, 2.24) is 5.32 Å². The van der Waals surface area contributed by atoms with Gasteiger partial charge in [0.2, 0.25) is 5.91 Å². The van der Waals surface area contributed by atoms with Crippen molar-refractivity contribution in [3.63, 3.8) is 0 Å². The predicted molar refractivity (Wildman–Crippen MR) is 354 cm³/mol. The Bertz CT molecular complexity index is 1430. The largest absolute Gasteiger partial charge is 0.394 e. The van der Waals surface area contributed by atoms with Crippen molar-refractivity contribution in [1.29, 1.82) is 0 Å². The Morgan fingerprint density at radius 3 is 0.886 bits per heavy atom. The van der Waals surface area contributed by atoms with Gasteiger partial charge in [0, 0.05) is 6.42 Å². The Balaban J connectivity index is 3.49. The summed E-state index contributed by atoms with van der Waals surface area (Å²) in [6.07, 6.45) is 104. The van der Waals surface area contributed by atoms with E-state index in [9.17, 15) is 15.0 Å². The van der Waals surface area contributed by atoms with Gasteiger partial charge in [0.1, 0.15) is 0 Å². The van der Waals surface area contributed by atoms with Crippen LogP contribution in [0.3, 0.4) is 0 Å². The van der Waals surface area contributed by atoms with E-state index in [1.807, 2.05) is 6.08 Å². The molecule has 0 saturated carbocycles. The Morgan fingerprint density at radius 2 is 0.570 bits per heavy atom. The van der Waals surface area contributed by atoms with Gasteiger partial charge >= 0.3 is 0 Å². The van der Waals surface area contributed by atoms with E-state index < -0.39 is 12.1 Å². The molecule has 0 aliphatic rings. The van der Waals surface area contributed by atoms with Gasteiger partial charge in [-0.2, -0.15) is 0 Å². The van der Waals surface area contributed by atoms with Crippen LogP contribution in [0.5, 0.6) is 0 Å². The molecule has 0 fully saturated rings. The van der Waals surface area contributed by atoms with Crippen molar-refractivity contribution in [2.24, 2.45) is 0 Å². The summed E-state index contributed by atoms with van der Waals surface area (Å²) in [6, 6.07) is -0.645. The van der Waals surface area contributed by atoms with Gasteiger partial charge in [0.25, 0.3) is 0 Å². The maximum absolute atomic E-state index is 12.5. The molecule has 0 radical (unpaired) electrons. The van der Waals surface area contributed by atoms with Crippen LogP contribution in [-0.4, -0.2) is 34.9 Å². The molecule has 0 aromatic rings. The molecule has 458 valence electrons. The molecule has 0 bridgehead atoms. The first-order chi connectivity index (χ1) is 39.2. The number of rotatable bonds is 64. The SMILES string of the molecule is CC/C=C\C/C=C\C/C=C\C/C=C\C/C=C\C/C=C\CCCCCCCCCCCCCCCCCCCCC(=O)NC(CO)C(O)/C=C/CC/C=C/CCCCCCCCCCCCCCCCCCCCCCCCCC. The molecule has 3 N–H and O–H groups in total. The Labute approximate surface area is 494 Å². The van der Waals surface area contributed by atoms with Gasteiger partial charge in [-0.15, -0.1) is 0 Å². The third kappa shape index (κ3) is 66.0. The first-order valence-electron chi connectivity index (χ1n) is 35.0. The lowest BCUT2D eigenvalue weighted by molar-refractivity contribution is -0.123. The quantitative estimate of drug-likeness (QED) is 0.0420. The van der Waals surface area contributed by atoms with E-state index in [4.69, 9.17) is 0 Å². The Morgan fingerprint density at radius 1 is 0.316 bits per heavy atom. The lowest BCUT2D eigenvalue weighted by Crippen LogP contribution is -2.45. The van der Waals surface area contributed by atoms with E-state index in [0.29, 0.717) is 6.42 Å². The number of hydrogen-bond acceptors (Lipinski definition) is 3. The topological polar surface area (TPSA) is 69.6 Å². The summed E-state index contributed by atoms with van der Waals surface area (Å²) in [5.41, 5.74) is 0. The van der Waals surface area contributed by atoms with E-state index in [1.54, 1.807) is 6.08 Å². The number of amides is 1. The van der Waals surface area contributed by atoms with Crippen molar-refractivity contribution < 1.29 is 15.0 Å². The van der Waals surface area contributed by atoms with Gasteiger partial charge in [-0.25, -0.2) is 0 Å². The third-order valence-corrected chi connectivity index (χ3v) is 15.8. The molecule has 0 spiro atoms. The molecule has 0 aliphatic carbocycles. The van der Waals surface area contributed by atoms with Gasteiger partial charge in [-0.3, -0.25) is 4.79 Å². The average molecular weight is 1100 g/mol. The lowest BCUT2D eigenvalue weighted by Gasteiger charge is -2.19. The number of carbonyl (C=O) groups is 1. The smallest absolute Gasteiger partial charge is 0.220 e. The van der Waals surface area contributed by atoms with Gasteiger partial charge in [-0.1, -0.05) is 361 Å². The molecule has 0 saturated heterocycles. The summed E-state index contributed by atoms with van der Waals surface area (Å²) in [7, 11) is 0. The molecular weight excluding hydrogens is 963 g/mol. The summed E-state index contributed by atoms with van der Waals surface area (Å²) in [5.74, 6) is -0.0708. The van der Waals surface area contributed by atoms with Crippen molar-refractivity contribution in [3.05, 3.63) is 97.2 Å². The molecular formula is C75H135NO3. The standard InChI is InChI=1S/C75H135NO3/c1-3-5-7-9-11-13-15-17-19-21-23-25-27-29-31-33-35-36-37-38-39-40-41-43-45-47-49-51-53-55-57-59-61-63-65-67-69-71-75(79)76-73(72-77)74(78)70-68-66-64-62-60-58-56-54-52-50-48-46-44-42-34-32-30-28-26-24-22-20-18-16-14-12-10-8-6-4-2/h5,7,11,13,17,19,23,25,29,31,35-36,60,62,68,70,73-74,77-78H,3-4,6,8-10,12,14-16,18,20-22,24,26-28,30,32-34,37-59,61,63-67,69,71-72H2,1-2H3,(H,76,79)/b7-5-,13-11-,19-17-,25-23-,31-29-,36-35-,62-60+,70-68+. The van der Waals surface area contributed by atoms with E-state index in [1.165, 1.54) is 263 Å². The second kappa shape index (κ2) is 69.6. The first-order valence-corrected chi connectivity index (χ1v) is 35.0. The molecule has 79 heavy (non-hydrogen) atoms. The third-order valence-electron chi connectivity index (χ3n) is 15.8. The first kappa shape index (κ1) is 76.3. The predicted octanol–water partition coefficient (Wildman–Crippen LogP) is 24.0. The maximum atomic E-state index is 12.5. The van der Waals surface area contributed by atoms with Crippen LogP contribution in [0.2, 0.25) is 0 Å². The minimum absolute atomic E-state index is 0.0708. The second-order valence-electron chi connectivity index (χ2n) is 23.6. The maximum Gasteiger partial charge on any atom is 0.220 e. The monoisotopic (exact) mass is 1100 g/mol. The number of hydrogen-bond donors (Lipinski definition) is 3. The molecule has 0 rings (SSSR count). The summed E-state index contributed by atoms with van der Waals surface area (Å²) < 4.78 is 0. The second-order valence-corrected chi connectivity index (χ2v) is 23.6. The van der Waals surface area contributed by atoms with Gasteiger partial charge in [-0.05, 0) is 83.5 Å². The van der Waals surface area contributed by atoms with E-state index in [2.05, 4.69) is 104 Å². The van der Waals surface area contributed by atoms with Crippen LogP contribution in [0.25, 0.3) is 0 Å². The van der Waals surface area contributed by atoms with Gasteiger partial charge < -0.3 is 15.5 Å². The summed E-state index contributed by atoms with van der Waals surface area (Å²) in [4.78, 5) is 12.5. The Hall–Kier alpha value is -2.69. The Kier molecular flexibility index (Phi) is 67.2. The zero-order valence-electron chi connectivity index (χ0n) is 52.9. The number of nitrogens with one attached hydrogen (secondary N) is 1. The van der Waals surface area contributed by atoms with Crippen LogP contribution < -0.4 is 5.32 Å². The minimum Gasteiger partial charge on any atom is -0.394 e. The van der Waals surface area contributed by atoms with Crippen LogP contribution >= 0.6 is 0 Å². The summed E-state index contributed by atoms with van der Waals surface area (Å²) >= 11 is 0. The highest BCUT2D eigenvalue weighted by molar-refractivity contribution is 5.76. The van der Waals surface area contributed by atoms with E-state index in [-0.39, 0.29) is 12.5 Å². The van der Waals surface area contributed by atoms with Crippen LogP contribution in [-0.2, 0) is 4.79 Å². The van der Waals surface area contributed by atoms with Gasteiger partial charge in [0.05, 0.1) is 18.8 Å². The van der Waals surface area contributed by atoms with Crippen molar-refractivity contribution in [3.8, 4) is 0 Å². The minimum atomic E-state index is -0.868.